The Morgan fingerprint density at radius 3 is 2.44 bits per heavy atom. The zero-order valence-electron chi connectivity index (χ0n) is 9.09. The number of hydrogen-bond acceptors (Lipinski definition) is 5. The molecule has 0 aliphatic rings. The Hall–Kier alpha value is -2.34. The van der Waals surface area contributed by atoms with Gasteiger partial charge in [0.25, 0.3) is 5.91 Å². The standard InChI is InChI=1S/C11H9ClN4O2/c12-9-5-6-10(14-13-9)15-16-11(18)7-1-3-8(17)4-2-7/h1-6,17H,(H,14,15)(H,16,18). The van der Waals surface area contributed by atoms with Gasteiger partial charge in [0.15, 0.2) is 11.0 Å². The predicted molar refractivity (Wildman–Crippen MR) is 66.2 cm³/mol. The normalized spacial score (nSPS) is 9.83. The van der Waals surface area contributed by atoms with Gasteiger partial charge in [0, 0.05) is 5.56 Å². The summed E-state index contributed by atoms with van der Waals surface area (Å²) < 4.78 is 0. The lowest BCUT2D eigenvalue weighted by molar-refractivity contribution is 0.0962. The van der Waals surface area contributed by atoms with Crippen LogP contribution in [0, 0.1) is 0 Å². The SMILES string of the molecule is O=C(NNc1ccc(Cl)nn1)c1ccc(O)cc1. The Morgan fingerprint density at radius 1 is 1.11 bits per heavy atom. The highest BCUT2D eigenvalue weighted by Gasteiger charge is 2.04. The van der Waals surface area contributed by atoms with Gasteiger partial charge in [0.2, 0.25) is 0 Å². The van der Waals surface area contributed by atoms with E-state index in [0.717, 1.165) is 0 Å². The van der Waals surface area contributed by atoms with Crippen molar-refractivity contribution in [2.75, 3.05) is 5.43 Å². The molecule has 0 spiro atoms. The van der Waals surface area contributed by atoms with Crippen LogP contribution in [0.25, 0.3) is 0 Å². The van der Waals surface area contributed by atoms with Crippen molar-refractivity contribution >= 4 is 23.3 Å². The van der Waals surface area contributed by atoms with E-state index in [1.807, 2.05) is 0 Å². The van der Waals surface area contributed by atoms with Gasteiger partial charge < -0.3 is 5.11 Å². The molecule has 1 aromatic carbocycles. The first-order chi connectivity index (χ1) is 8.65. The first-order valence-corrected chi connectivity index (χ1v) is 5.37. The molecule has 0 fully saturated rings. The monoisotopic (exact) mass is 264 g/mol. The van der Waals surface area contributed by atoms with E-state index < -0.39 is 0 Å². The Balaban J connectivity index is 1.96. The zero-order chi connectivity index (χ0) is 13.0. The number of nitrogens with zero attached hydrogens (tertiary/aromatic N) is 2. The van der Waals surface area contributed by atoms with Crippen molar-refractivity contribution in [2.24, 2.45) is 0 Å². The first-order valence-electron chi connectivity index (χ1n) is 5.00. The molecular formula is C11H9ClN4O2. The number of carbonyl (C=O) groups is 1. The molecular weight excluding hydrogens is 256 g/mol. The molecule has 92 valence electrons. The summed E-state index contributed by atoms with van der Waals surface area (Å²) in [5.74, 6) is 0.112. The maximum atomic E-state index is 11.7. The van der Waals surface area contributed by atoms with Gasteiger partial charge in [-0.05, 0) is 36.4 Å². The minimum Gasteiger partial charge on any atom is -0.508 e. The summed E-state index contributed by atoms with van der Waals surface area (Å²) >= 11 is 5.57. The predicted octanol–water partition coefficient (Wildman–Crippen LogP) is 1.59. The Bertz CT molecular complexity index is 542. The molecule has 2 aromatic rings. The van der Waals surface area contributed by atoms with E-state index >= 15 is 0 Å². The van der Waals surface area contributed by atoms with Gasteiger partial charge in [0.05, 0.1) is 0 Å². The second kappa shape index (κ2) is 5.33. The summed E-state index contributed by atoms with van der Waals surface area (Å²) in [6.45, 7) is 0. The summed E-state index contributed by atoms with van der Waals surface area (Å²) in [7, 11) is 0. The molecule has 2 rings (SSSR count). The van der Waals surface area contributed by atoms with Crippen molar-refractivity contribution in [2.45, 2.75) is 0 Å². The number of hydrogen-bond donors (Lipinski definition) is 3. The molecule has 0 saturated carbocycles. The van der Waals surface area contributed by atoms with E-state index in [1.54, 1.807) is 12.1 Å². The van der Waals surface area contributed by atoms with Crippen LogP contribution in [0.4, 0.5) is 5.82 Å². The molecule has 0 aliphatic heterocycles. The number of phenolic OH excluding ortho intramolecular Hbond substituents is 1. The Morgan fingerprint density at radius 2 is 1.83 bits per heavy atom. The largest absolute Gasteiger partial charge is 0.508 e. The van der Waals surface area contributed by atoms with Crippen LogP contribution in [0.5, 0.6) is 5.75 Å². The summed E-state index contributed by atoms with van der Waals surface area (Å²) in [5.41, 5.74) is 5.43. The van der Waals surface area contributed by atoms with Crippen LogP contribution in [0.1, 0.15) is 10.4 Å². The molecule has 0 saturated heterocycles. The molecule has 0 aliphatic carbocycles. The molecule has 0 unspecified atom stereocenters. The van der Waals surface area contributed by atoms with Crippen molar-refractivity contribution in [3.8, 4) is 5.75 Å². The maximum absolute atomic E-state index is 11.7. The highest BCUT2D eigenvalue weighted by atomic mass is 35.5. The molecule has 3 N–H and O–H groups in total. The number of benzene rings is 1. The smallest absolute Gasteiger partial charge is 0.269 e. The van der Waals surface area contributed by atoms with Crippen molar-refractivity contribution in [3.63, 3.8) is 0 Å². The van der Waals surface area contributed by atoms with Crippen molar-refractivity contribution < 1.29 is 9.90 Å². The van der Waals surface area contributed by atoms with Crippen LogP contribution >= 0.6 is 11.6 Å². The number of aromatic nitrogens is 2. The molecule has 0 radical (unpaired) electrons. The fourth-order valence-corrected chi connectivity index (χ4v) is 1.29. The summed E-state index contributed by atoms with van der Waals surface area (Å²) in [5, 5.41) is 16.7. The van der Waals surface area contributed by atoms with Gasteiger partial charge in [-0.25, -0.2) is 0 Å². The molecule has 1 aromatic heterocycles. The number of hydrazine groups is 1. The van der Waals surface area contributed by atoms with Crippen LogP contribution in [0.3, 0.4) is 0 Å². The van der Waals surface area contributed by atoms with Gasteiger partial charge in [-0.15, -0.1) is 10.2 Å². The lowest BCUT2D eigenvalue weighted by atomic mass is 10.2. The van der Waals surface area contributed by atoms with Gasteiger partial charge in [-0.2, -0.15) is 0 Å². The van der Waals surface area contributed by atoms with E-state index in [9.17, 15) is 4.79 Å². The van der Waals surface area contributed by atoms with Crippen LogP contribution in [0.2, 0.25) is 5.15 Å². The number of halogens is 1. The topological polar surface area (TPSA) is 87.1 Å². The van der Waals surface area contributed by atoms with E-state index in [4.69, 9.17) is 16.7 Å². The number of nitrogens with one attached hydrogen (secondary N) is 2. The molecule has 7 heteroatoms. The van der Waals surface area contributed by atoms with Crippen molar-refractivity contribution in [1.82, 2.24) is 15.6 Å². The lowest BCUT2D eigenvalue weighted by Gasteiger charge is -2.06. The molecule has 0 atom stereocenters. The van der Waals surface area contributed by atoms with Gasteiger partial charge >= 0.3 is 0 Å². The van der Waals surface area contributed by atoms with Gasteiger partial charge in [0.1, 0.15) is 5.75 Å². The third-order valence-corrected chi connectivity index (χ3v) is 2.27. The summed E-state index contributed by atoms with van der Waals surface area (Å²) in [6, 6.07) is 8.98. The minimum atomic E-state index is -0.355. The molecule has 18 heavy (non-hydrogen) atoms. The van der Waals surface area contributed by atoms with E-state index in [-0.39, 0.29) is 16.8 Å². The van der Waals surface area contributed by atoms with Crippen molar-refractivity contribution in [3.05, 3.63) is 47.1 Å². The summed E-state index contributed by atoms with van der Waals surface area (Å²) in [6.07, 6.45) is 0. The number of phenols is 1. The summed E-state index contributed by atoms with van der Waals surface area (Å²) in [4.78, 5) is 11.7. The number of amides is 1. The van der Waals surface area contributed by atoms with Crippen LogP contribution in [0.15, 0.2) is 36.4 Å². The van der Waals surface area contributed by atoms with Crippen LogP contribution in [-0.2, 0) is 0 Å². The highest BCUT2D eigenvalue weighted by molar-refractivity contribution is 6.29. The molecule has 1 amide bonds. The molecule has 6 nitrogen and oxygen atoms in total. The number of rotatable bonds is 3. The second-order valence-corrected chi connectivity index (χ2v) is 3.75. The average Bonchev–Trinajstić information content (AvgIpc) is 2.38. The van der Waals surface area contributed by atoms with Crippen LogP contribution < -0.4 is 10.9 Å². The number of aromatic hydroxyl groups is 1. The van der Waals surface area contributed by atoms with Crippen molar-refractivity contribution in [1.29, 1.82) is 0 Å². The number of carbonyl (C=O) groups excluding carboxylic acids is 1. The van der Waals surface area contributed by atoms with E-state index in [2.05, 4.69) is 21.0 Å². The zero-order valence-corrected chi connectivity index (χ0v) is 9.85. The molecule has 0 bridgehead atoms. The van der Waals surface area contributed by atoms with E-state index in [0.29, 0.717) is 11.4 Å². The maximum Gasteiger partial charge on any atom is 0.269 e. The third kappa shape index (κ3) is 3.08. The van der Waals surface area contributed by atoms with Crippen LogP contribution in [-0.4, -0.2) is 21.2 Å². The average molecular weight is 265 g/mol. The Labute approximate surface area is 108 Å². The first kappa shape index (κ1) is 12.1. The highest BCUT2D eigenvalue weighted by Crippen LogP contribution is 2.09. The molecule has 1 heterocycles. The fourth-order valence-electron chi connectivity index (χ4n) is 1.19. The quantitative estimate of drug-likeness (QED) is 0.733. The van der Waals surface area contributed by atoms with Gasteiger partial charge in [-0.3, -0.25) is 15.6 Å². The fraction of sp³-hybridized carbons (Fsp3) is 0. The third-order valence-electron chi connectivity index (χ3n) is 2.07. The lowest BCUT2D eigenvalue weighted by Crippen LogP contribution is -2.29. The second-order valence-electron chi connectivity index (χ2n) is 3.37. The van der Waals surface area contributed by atoms with E-state index in [1.165, 1.54) is 24.3 Å². The van der Waals surface area contributed by atoms with Gasteiger partial charge in [-0.1, -0.05) is 11.6 Å². The Kier molecular flexibility index (Phi) is 3.59. The minimum absolute atomic E-state index is 0.100. The number of anilines is 1.